The van der Waals surface area contributed by atoms with E-state index in [0.29, 0.717) is 5.78 Å². The molecular formula is C22H45NO. The Hall–Kier alpha value is -0.370. The highest BCUT2D eigenvalue weighted by atomic mass is 16.1. The number of Topliss-reactive ketones (excluding diaryl/α,β-unsaturated/α-hetero) is 1. The van der Waals surface area contributed by atoms with Gasteiger partial charge in [0, 0.05) is 12.3 Å². The van der Waals surface area contributed by atoms with Crippen LogP contribution in [0.3, 0.4) is 0 Å². The van der Waals surface area contributed by atoms with E-state index in [-0.39, 0.29) is 5.92 Å². The van der Waals surface area contributed by atoms with Crippen LogP contribution in [0.25, 0.3) is 0 Å². The van der Waals surface area contributed by atoms with E-state index in [2.05, 4.69) is 19.2 Å². The third-order valence-electron chi connectivity index (χ3n) is 4.81. The molecular weight excluding hydrogens is 294 g/mol. The molecule has 0 heterocycles. The first-order valence-corrected chi connectivity index (χ1v) is 10.8. The molecule has 0 aliphatic rings. The molecule has 0 aromatic heterocycles. The quantitative estimate of drug-likeness (QED) is 0.288. The van der Waals surface area contributed by atoms with Crippen LogP contribution in [0.4, 0.5) is 0 Å². The third-order valence-corrected chi connectivity index (χ3v) is 4.81. The lowest BCUT2D eigenvalue weighted by Gasteiger charge is -2.06. The van der Waals surface area contributed by atoms with Crippen molar-refractivity contribution in [1.29, 1.82) is 0 Å². The lowest BCUT2D eigenvalue weighted by Crippen LogP contribution is -2.16. The molecule has 0 saturated heterocycles. The van der Waals surface area contributed by atoms with Crippen molar-refractivity contribution >= 4 is 5.78 Å². The topological polar surface area (TPSA) is 29.1 Å². The Morgan fingerprint density at radius 3 is 1.62 bits per heavy atom. The maximum absolute atomic E-state index is 11.5. The van der Waals surface area contributed by atoms with Gasteiger partial charge >= 0.3 is 0 Å². The van der Waals surface area contributed by atoms with Gasteiger partial charge in [-0.2, -0.15) is 0 Å². The van der Waals surface area contributed by atoms with Gasteiger partial charge in [0.2, 0.25) is 0 Å². The number of carbonyl (C=O) groups excluding carboxylic acids is 1. The zero-order chi connectivity index (χ0) is 18.0. The number of ketones is 1. The lowest BCUT2D eigenvalue weighted by molar-refractivity contribution is -0.122. The molecule has 0 aliphatic heterocycles. The van der Waals surface area contributed by atoms with E-state index >= 15 is 0 Å². The SMILES string of the molecule is CC(C)CCCCCCCNCCCCCCCCC(=O)C(C)C. The molecule has 0 unspecified atom stereocenters. The molecule has 0 radical (unpaired) electrons. The molecule has 0 fully saturated rings. The van der Waals surface area contributed by atoms with Crippen LogP contribution < -0.4 is 5.32 Å². The number of hydrogen-bond donors (Lipinski definition) is 1. The summed E-state index contributed by atoms with van der Waals surface area (Å²) in [6, 6.07) is 0. The van der Waals surface area contributed by atoms with Crippen LogP contribution in [0, 0.1) is 11.8 Å². The van der Waals surface area contributed by atoms with Gasteiger partial charge in [-0.1, -0.05) is 85.5 Å². The van der Waals surface area contributed by atoms with Gasteiger partial charge in [-0.25, -0.2) is 0 Å². The molecule has 2 nitrogen and oxygen atoms in total. The van der Waals surface area contributed by atoms with Gasteiger partial charge in [0.05, 0.1) is 0 Å². The van der Waals surface area contributed by atoms with Crippen molar-refractivity contribution in [3.05, 3.63) is 0 Å². The second-order valence-corrected chi connectivity index (χ2v) is 8.19. The minimum absolute atomic E-state index is 0.219. The standard InChI is InChI=1S/C22H45NO/c1-20(2)16-12-8-7-11-15-19-23-18-14-10-6-5-9-13-17-22(24)21(3)4/h20-21,23H,5-19H2,1-4H3. The summed E-state index contributed by atoms with van der Waals surface area (Å²) >= 11 is 0. The number of nitrogens with one attached hydrogen (secondary N) is 1. The Labute approximate surface area is 152 Å². The second kappa shape index (κ2) is 17.5. The Kier molecular flexibility index (Phi) is 17.2. The molecule has 0 saturated carbocycles. The van der Waals surface area contributed by atoms with E-state index in [1.807, 2.05) is 13.8 Å². The van der Waals surface area contributed by atoms with Crippen molar-refractivity contribution in [3.63, 3.8) is 0 Å². The van der Waals surface area contributed by atoms with E-state index in [9.17, 15) is 4.79 Å². The maximum Gasteiger partial charge on any atom is 0.135 e. The van der Waals surface area contributed by atoms with Crippen LogP contribution in [0.1, 0.15) is 111 Å². The highest BCUT2D eigenvalue weighted by Crippen LogP contribution is 2.11. The summed E-state index contributed by atoms with van der Waals surface area (Å²) in [7, 11) is 0. The van der Waals surface area contributed by atoms with Gasteiger partial charge < -0.3 is 5.32 Å². The summed E-state index contributed by atoms with van der Waals surface area (Å²) in [6.07, 6.45) is 16.7. The summed E-state index contributed by atoms with van der Waals surface area (Å²) in [5.41, 5.74) is 0. The molecule has 0 rings (SSSR count). The monoisotopic (exact) mass is 339 g/mol. The van der Waals surface area contributed by atoms with Crippen LogP contribution in [0.5, 0.6) is 0 Å². The van der Waals surface area contributed by atoms with Gasteiger partial charge in [-0.05, 0) is 38.3 Å². The minimum atomic E-state index is 0.219. The predicted octanol–water partition coefficient (Wildman–Crippen LogP) is 6.53. The minimum Gasteiger partial charge on any atom is -0.317 e. The predicted molar refractivity (Wildman–Crippen MR) is 108 cm³/mol. The van der Waals surface area contributed by atoms with Crippen molar-refractivity contribution in [2.75, 3.05) is 13.1 Å². The van der Waals surface area contributed by atoms with Crippen LogP contribution in [0.15, 0.2) is 0 Å². The maximum atomic E-state index is 11.5. The highest BCUT2D eigenvalue weighted by Gasteiger charge is 2.05. The summed E-state index contributed by atoms with van der Waals surface area (Å²) in [5.74, 6) is 1.52. The molecule has 0 atom stereocenters. The molecule has 0 spiro atoms. The molecule has 0 amide bonds. The van der Waals surface area contributed by atoms with E-state index in [4.69, 9.17) is 0 Å². The molecule has 1 N–H and O–H groups in total. The van der Waals surface area contributed by atoms with Crippen molar-refractivity contribution in [2.45, 2.75) is 111 Å². The second-order valence-electron chi connectivity index (χ2n) is 8.19. The first-order valence-electron chi connectivity index (χ1n) is 10.8. The fourth-order valence-electron chi connectivity index (χ4n) is 3.00. The van der Waals surface area contributed by atoms with Gasteiger partial charge in [0.15, 0.2) is 0 Å². The normalized spacial score (nSPS) is 11.6. The number of hydrogen-bond acceptors (Lipinski definition) is 2. The number of rotatable bonds is 18. The van der Waals surface area contributed by atoms with Crippen molar-refractivity contribution in [1.82, 2.24) is 5.32 Å². The third kappa shape index (κ3) is 18.0. The molecule has 24 heavy (non-hydrogen) atoms. The summed E-state index contributed by atoms with van der Waals surface area (Å²) in [4.78, 5) is 11.5. The van der Waals surface area contributed by atoms with Crippen LogP contribution >= 0.6 is 0 Å². The van der Waals surface area contributed by atoms with E-state index < -0.39 is 0 Å². The van der Waals surface area contributed by atoms with Crippen LogP contribution in [-0.2, 0) is 4.79 Å². The first-order chi connectivity index (χ1) is 11.5. The van der Waals surface area contributed by atoms with Crippen molar-refractivity contribution in [3.8, 4) is 0 Å². The summed E-state index contributed by atoms with van der Waals surface area (Å²) in [5, 5.41) is 3.58. The lowest BCUT2D eigenvalue weighted by atomic mass is 10.0. The summed E-state index contributed by atoms with van der Waals surface area (Å²) in [6.45, 7) is 11.0. The Morgan fingerprint density at radius 2 is 1.12 bits per heavy atom. The highest BCUT2D eigenvalue weighted by molar-refractivity contribution is 5.80. The Morgan fingerprint density at radius 1 is 0.667 bits per heavy atom. The molecule has 2 heteroatoms. The molecule has 0 aromatic rings. The zero-order valence-electron chi connectivity index (χ0n) is 17.2. The van der Waals surface area contributed by atoms with E-state index in [1.165, 1.54) is 83.7 Å². The van der Waals surface area contributed by atoms with Gasteiger partial charge in [0.1, 0.15) is 5.78 Å². The van der Waals surface area contributed by atoms with Crippen LogP contribution in [-0.4, -0.2) is 18.9 Å². The van der Waals surface area contributed by atoms with Gasteiger partial charge in [-0.3, -0.25) is 4.79 Å². The fourth-order valence-corrected chi connectivity index (χ4v) is 3.00. The van der Waals surface area contributed by atoms with Gasteiger partial charge in [0.25, 0.3) is 0 Å². The average molecular weight is 340 g/mol. The average Bonchev–Trinajstić information content (AvgIpc) is 2.53. The number of unbranched alkanes of at least 4 members (excludes halogenated alkanes) is 9. The van der Waals surface area contributed by atoms with Crippen molar-refractivity contribution in [2.24, 2.45) is 11.8 Å². The smallest absolute Gasteiger partial charge is 0.135 e. The fraction of sp³-hybridized carbons (Fsp3) is 0.955. The van der Waals surface area contributed by atoms with Gasteiger partial charge in [-0.15, -0.1) is 0 Å². The number of carbonyl (C=O) groups is 1. The first kappa shape index (κ1) is 23.6. The zero-order valence-corrected chi connectivity index (χ0v) is 17.2. The molecule has 144 valence electrons. The molecule has 0 aromatic carbocycles. The van der Waals surface area contributed by atoms with Crippen molar-refractivity contribution < 1.29 is 4.79 Å². The molecule has 0 bridgehead atoms. The Bertz CT molecular complexity index is 273. The largest absolute Gasteiger partial charge is 0.317 e. The van der Waals surface area contributed by atoms with Crippen LogP contribution in [0.2, 0.25) is 0 Å². The van der Waals surface area contributed by atoms with E-state index in [1.54, 1.807) is 0 Å². The Balaban J connectivity index is 3.06. The summed E-state index contributed by atoms with van der Waals surface area (Å²) < 4.78 is 0. The molecule has 0 aliphatic carbocycles. The van der Waals surface area contributed by atoms with E-state index in [0.717, 1.165) is 18.8 Å².